The first-order valence-electron chi connectivity index (χ1n) is 8.69. The first-order chi connectivity index (χ1) is 12.3. The summed E-state index contributed by atoms with van der Waals surface area (Å²) in [4.78, 5) is 14.5. The number of rotatable bonds is 2. The minimum Gasteiger partial charge on any atom is -0.398 e. The Morgan fingerprint density at radius 2 is 1.77 bits per heavy atom. The van der Waals surface area contributed by atoms with Gasteiger partial charge in [0.15, 0.2) is 0 Å². The highest BCUT2D eigenvalue weighted by Crippen LogP contribution is 2.37. The standard InChI is InChI=1S/C21H22FN3O/c1-14-11-15(2)19(24)12-18(14)20(26)25-9-7-21(22,8-10-25)17-5-3-16(13-23)4-6-17/h3-6,11-12H,7-10,24H2,1-2H3. The van der Waals surface area contributed by atoms with Crippen molar-refractivity contribution in [2.75, 3.05) is 18.8 Å². The van der Waals surface area contributed by atoms with Crippen LogP contribution in [0, 0.1) is 25.2 Å². The number of hydrogen-bond acceptors (Lipinski definition) is 3. The molecule has 1 amide bonds. The molecule has 2 aromatic carbocycles. The second kappa shape index (κ2) is 6.80. The van der Waals surface area contributed by atoms with Crippen molar-refractivity contribution in [2.24, 2.45) is 0 Å². The summed E-state index contributed by atoms with van der Waals surface area (Å²) >= 11 is 0. The van der Waals surface area contributed by atoms with Gasteiger partial charge < -0.3 is 10.6 Å². The summed E-state index contributed by atoms with van der Waals surface area (Å²) in [5.41, 5.74) is 8.56. The van der Waals surface area contributed by atoms with Crippen LogP contribution in [-0.4, -0.2) is 23.9 Å². The molecule has 0 saturated carbocycles. The number of halogens is 1. The third-order valence-electron chi connectivity index (χ3n) is 5.22. The number of nitrogen functional groups attached to an aromatic ring is 1. The normalized spacial score (nSPS) is 16.2. The molecule has 0 radical (unpaired) electrons. The number of nitrogens with zero attached hydrogens (tertiary/aromatic N) is 2. The van der Waals surface area contributed by atoms with Crippen LogP contribution in [0.15, 0.2) is 36.4 Å². The molecule has 1 aliphatic rings. The van der Waals surface area contributed by atoms with E-state index in [2.05, 4.69) is 0 Å². The summed E-state index contributed by atoms with van der Waals surface area (Å²) in [6.45, 7) is 4.50. The fourth-order valence-electron chi connectivity index (χ4n) is 3.47. The lowest BCUT2D eigenvalue weighted by Crippen LogP contribution is -2.43. The van der Waals surface area contributed by atoms with Gasteiger partial charge in [0.25, 0.3) is 5.91 Å². The van der Waals surface area contributed by atoms with Crippen molar-refractivity contribution in [1.29, 1.82) is 5.26 Å². The lowest BCUT2D eigenvalue weighted by molar-refractivity contribution is 0.0421. The van der Waals surface area contributed by atoms with E-state index >= 15 is 4.39 Å². The van der Waals surface area contributed by atoms with E-state index in [1.165, 1.54) is 0 Å². The zero-order valence-corrected chi connectivity index (χ0v) is 15.1. The molecule has 1 fully saturated rings. The van der Waals surface area contributed by atoms with Crippen LogP contribution in [0.4, 0.5) is 10.1 Å². The van der Waals surface area contributed by atoms with E-state index in [1.807, 2.05) is 26.0 Å². The number of carbonyl (C=O) groups excluding carboxylic acids is 1. The maximum atomic E-state index is 15.3. The molecule has 3 rings (SSSR count). The number of hydrogen-bond donors (Lipinski definition) is 1. The van der Waals surface area contributed by atoms with Gasteiger partial charge in [-0.2, -0.15) is 5.26 Å². The molecule has 0 bridgehead atoms. The number of piperidine rings is 1. The smallest absolute Gasteiger partial charge is 0.254 e. The number of aryl methyl sites for hydroxylation is 2. The molecule has 2 N–H and O–H groups in total. The van der Waals surface area contributed by atoms with Crippen molar-refractivity contribution in [3.05, 3.63) is 64.2 Å². The number of benzene rings is 2. The van der Waals surface area contributed by atoms with Gasteiger partial charge in [-0.25, -0.2) is 4.39 Å². The fraction of sp³-hybridized carbons (Fsp3) is 0.333. The third kappa shape index (κ3) is 3.28. The lowest BCUT2D eigenvalue weighted by Gasteiger charge is -2.37. The number of alkyl halides is 1. The number of likely N-dealkylation sites (tertiary alicyclic amines) is 1. The molecule has 4 nitrogen and oxygen atoms in total. The van der Waals surface area contributed by atoms with Crippen LogP contribution < -0.4 is 5.73 Å². The lowest BCUT2D eigenvalue weighted by atomic mass is 9.85. The number of carbonyl (C=O) groups is 1. The molecule has 0 unspecified atom stereocenters. The van der Waals surface area contributed by atoms with Crippen LogP contribution in [0.3, 0.4) is 0 Å². The first-order valence-corrected chi connectivity index (χ1v) is 8.69. The molecule has 134 valence electrons. The number of amides is 1. The second-order valence-electron chi connectivity index (χ2n) is 6.97. The zero-order chi connectivity index (χ0) is 18.9. The van der Waals surface area contributed by atoms with Crippen molar-refractivity contribution in [1.82, 2.24) is 4.90 Å². The zero-order valence-electron chi connectivity index (χ0n) is 15.1. The van der Waals surface area contributed by atoms with E-state index < -0.39 is 5.67 Å². The van der Waals surface area contributed by atoms with Crippen LogP contribution >= 0.6 is 0 Å². The van der Waals surface area contributed by atoms with Crippen molar-refractivity contribution in [3.8, 4) is 6.07 Å². The van der Waals surface area contributed by atoms with Crippen LogP contribution in [0.5, 0.6) is 0 Å². The van der Waals surface area contributed by atoms with Crippen molar-refractivity contribution >= 4 is 11.6 Å². The van der Waals surface area contributed by atoms with Crippen LogP contribution in [0.1, 0.15) is 45.5 Å². The van der Waals surface area contributed by atoms with Gasteiger partial charge in [0.05, 0.1) is 11.6 Å². The molecular formula is C21H22FN3O. The monoisotopic (exact) mass is 351 g/mol. The van der Waals surface area contributed by atoms with Gasteiger partial charge in [-0.05, 0) is 48.7 Å². The molecule has 0 aliphatic carbocycles. The van der Waals surface area contributed by atoms with E-state index in [0.717, 1.165) is 11.1 Å². The SMILES string of the molecule is Cc1cc(C)c(C(=O)N2CCC(F)(c3ccc(C#N)cc3)CC2)cc1N. The van der Waals surface area contributed by atoms with Crippen molar-refractivity contribution < 1.29 is 9.18 Å². The van der Waals surface area contributed by atoms with E-state index in [4.69, 9.17) is 11.0 Å². The summed E-state index contributed by atoms with van der Waals surface area (Å²) in [6.07, 6.45) is 0.482. The van der Waals surface area contributed by atoms with Crippen LogP contribution in [-0.2, 0) is 5.67 Å². The summed E-state index contributed by atoms with van der Waals surface area (Å²) in [6, 6.07) is 12.3. The van der Waals surface area contributed by atoms with Gasteiger partial charge in [-0.1, -0.05) is 18.2 Å². The molecule has 1 saturated heterocycles. The average Bonchev–Trinajstić information content (AvgIpc) is 2.65. The molecule has 0 atom stereocenters. The predicted octanol–water partition coefficient (Wildman–Crippen LogP) is 3.86. The predicted molar refractivity (Wildman–Crippen MR) is 99.4 cm³/mol. The highest BCUT2D eigenvalue weighted by molar-refractivity contribution is 5.96. The molecule has 1 heterocycles. The molecule has 1 aliphatic heterocycles. The summed E-state index contributed by atoms with van der Waals surface area (Å²) in [5.74, 6) is -0.101. The van der Waals surface area contributed by atoms with E-state index in [-0.39, 0.29) is 18.7 Å². The third-order valence-corrected chi connectivity index (χ3v) is 5.22. The van der Waals surface area contributed by atoms with E-state index in [1.54, 1.807) is 35.2 Å². The molecule has 0 spiro atoms. The topological polar surface area (TPSA) is 70.1 Å². The Morgan fingerprint density at radius 1 is 1.15 bits per heavy atom. The Balaban J connectivity index is 1.74. The van der Waals surface area contributed by atoms with Gasteiger partial charge in [0.2, 0.25) is 0 Å². The highest BCUT2D eigenvalue weighted by Gasteiger charge is 2.37. The Labute approximate surface area is 153 Å². The maximum absolute atomic E-state index is 15.3. The first kappa shape index (κ1) is 17.9. The molecule has 5 heteroatoms. The quantitative estimate of drug-likeness (QED) is 0.835. The number of nitrogens with two attached hydrogens (primary N) is 1. The maximum Gasteiger partial charge on any atom is 0.254 e. The van der Waals surface area contributed by atoms with E-state index in [9.17, 15) is 4.79 Å². The van der Waals surface area contributed by atoms with Gasteiger partial charge in [0, 0.05) is 37.2 Å². The minimum absolute atomic E-state index is 0.101. The summed E-state index contributed by atoms with van der Waals surface area (Å²) in [7, 11) is 0. The Bertz CT molecular complexity index is 875. The van der Waals surface area contributed by atoms with Crippen molar-refractivity contribution in [2.45, 2.75) is 32.4 Å². The van der Waals surface area contributed by atoms with Gasteiger partial charge >= 0.3 is 0 Å². The van der Waals surface area contributed by atoms with Gasteiger partial charge in [0.1, 0.15) is 5.67 Å². The Morgan fingerprint density at radius 3 is 2.35 bits per heavy atom. The van der Waals surface area contributed by atoms with Crippen molar-refractivity contribution in [3.63, 3.8) is 0 Å². The molecule has 2 aromatic rings. The Hall–Kier alpha value is -2.87. The molecule has 26 heavy (non-hydrogen) atoms. The minimum atomic E-state index is -1.47. The summed E-state index contributed by atoms with van der Waals surface area (Å²) < 4.78 is 15.3. The Kier molecular flexibility index (Phi) is 4.69. The fourth-order valence-corrected chi connectivity index (χ4v) is 3.47. The number of anilines is 1. The molecular weight excluding hydrogens is 329 g/mol. The second-order valence-corrected chi connectivity index (χ2v) is 6.97. The summed E-state index contributed by atoms with van der Waals surface area (Å²) in [5, 5.41) is 8.87. The van der Waals surface area contributed by atoms with Crippen LogP contribution in [0.25, 0.3) is 0 Å². The molecule has 0 aromatic heterocycles. The van der Waals surface area contributed by atoms with Gasteiger partial charge in [-0.15, -0.1) is 0 Å². The number of nitriles is 1. The van der Waals surface area contributed by atoms with E-state index in [0.29, 0.717) is 35.5 Å². The average molecular weight is 351 g/mol. The van der Waals surface area contributed by atoms with Crippen LogP contribution in [0.2, 0.25) is 0 Å². The van der Waals surface area contributed by atoms with Gasteiger partial charge in [-0.3, -0.25) is 4.79 Å². The largest absolute Gasteiger partial charge is 0.398 e. The highest BCUT2D eigenvalue weighted by atomic mass is 19.1.